The first-order chi connectivity index (χ1) is 20.3. The van der Waals surface area contributed by atoms with Crippen molar-refractivity contribution in [3.8, 4) is 11.1 Å². The number of carboxylic acids is 1. The average molecular weight is 568 g/mol. The van der Waals surface area contributed by atoms with Crippen LogP contribution in [-0.4, -0.2) is 71.7 Å². The summed E-state index contributed by atoms with van der Waals surface area (Å²) >= 11 is 0. The average Bonchev–Trinajstić information content (AvgIpc) is 3.59. The molecule has 1 unspecified atom stereocenters. The minimum absolute atomic E-state index is 0.0103. The number of carbonyl (C=O) groups excluding carboxylic acids is 2. The lowest BCUT2D eigenvalue weighted by molar-refractivity contribution is -0.138. The minimum Gasteiger partial charge on any atom is -0.481 e. The van der Waals surface area contributed by atoms with Crippen LogP contribution in [0.4, 0.5) is 4.79 Å². The second-order valence-electron chi connectivity index (χ2n) is 12.2. The molecular weight excluding hydrogens is 530 g/mol. The maximum atomic E-state index is 13.7. The highest BCUT2D eigenvalue weighted by Crippen LogP contribution is 2.45. The molecule has 0 saturated carbocycles. The van der Waals surface area contributed by atoms with Crippen LogP contribution in [0.3, 0.4) is 0 Å². The third-order valence-electron chi connectivity index (χ3n) is 9.18. The fraction of sp³-hybridized carbons (Fsp3) is 0.382. The first-order valence-electron chi connectivity index (χ1n) is 14.7. The van der Waals surface area contributed by atoms with E-state index in [4.69, 9.17) is 4.74 Å². The van der Waals surface area contributed by atoms with E-state index in [9.17, 15) is 19.5 Å². The van der Waals surface area contributed by atoms with Crippen molar-refractivity contribution in [3.05, 3.63) is 95.6 Å². The lowest BCUT2D eigenvalue weighted by Gasteiger charge is -2.28. The van der Waals surface area contributed by atoms with Gasteiger partial charge in [0, 0.05) is 50.5 Å². The number of alkyl carbamates (subject to hydrolysis) is 1. The molecule has 2 amide bonds. The second-order valence-corrected chi connectivity index (χ2v) is 12.2. The summed E-state index contributed by atoms with van der Waals surface area (Å²) in [6, 6.07) is 25.6. The Kier molecular flexibility index (Phi) is 7.73. The predicted molar refractivity (Wildman–Crippen MR) is 159 cm³/mol. The number of aliphatic carboxylic acids is 1. The number of hydrogen-bond donors (Lipinski definition) is 2. The van der Waals surface area contributed by atoms with E-state index in [-0.39, 0.29) is 36.7 Å². The van der Waals surface area contributed by atoms with E-state index in [1.807, 2.05) is 42.5 Å². The molecule has 8 nitrogen and oxygen atoms in total. The maximum Gasteiger partial charge on any atom is 0.407 e. The highest BCUT2D eigenvalue weighted by Gasteiger charge is 2.51. The number of benzene rings is 3. The number of ether oxygens (including phenoxy) is 1. The Labute approximate surface area is 246 Å². The molecule has 218 valence electrons. The van der Waals surface area contributed by atoms with Crippen LogP contribution < -0.4 is 5.32 Å². The molecule has 1 aliphatic carbocycles. The molecule has 0 bridgehead atoms. The van der Waals surface area contributed by atoms with E-state index in [0.29, 0.717) is 19.0 Å². The van der Waals surface area contributed by atoms with Gasteiger partial charge < -0.3 is 20.1 Å². The molecule has 3 aliphatic rings. The van der Waals surface area contributed by atoms with Crippen molar-refractivity contribution in [2.75, 3.05) is 32.8 Å². The number of rotatable bonds is 9. The summed E-state index contributed by atoms with van der Waals surface area (Å²) in [6.45, 7) is 6.19. The van der Waals surface area contributed by atoms with Gasteiger partial charge in [-0.3, -0.25) is 14.5 Å². The highest BCUT2D eigenvalue weighted by atomic mass is 16.5. The van der Waals surface area contributed by atoms with E-state index in [1.54, 1.807) is 4.90 Å². The molecule has 0 aromatic heterocycles. The summed E-state index contributed by atoms with van der Waals surface area (Å²) in [7, 11) is 0. The zero-order chi connectivity index (χ0) is 29.3. The Hall–Kier alpha value is -4.17. The monoisotopic (exact) mass is 567 g/mol. The van der Waals surface area contributed by atoms with Crippen molar-refractivity contribution >= 4 is 18.0 Å². The molecule has 3 atom stereocenters. The number of nitrogens with zero attached hydrogens (tertiary/aromatic N) is 2. The number of likely N-dealkylation sites (tertiary alicyclic amines) is 2. The van der Waals surface area contributed by atoms with Crippen molar-refractivity contribution in [3.63, 3.8) is 0 Å². The van der Waals surface area contributed by atoms with Crippen molar-refractivity contribution < 1.29 is 24.2 Å². The maximum absolute atomic E-state index is 13.7. The van der Waals surface area contributed by atoms with Gasteiger partial charge in [0.05, 0.1) is 0 Å². The van der Waals surface area contributed by atoms with Crippen LogP contribution in [0.5, 0.6) is 0 Å². The molecule has 8 heteroatoms. The van der Waals surface area contributed by atoms with Gasteiger partial charge in [0.25, 0.3) is 0 Å². The zero-order valence-corrected chi connectivity index (χ0v) is 23.9. The number of fused-ring (bicyclic) bond motifs is 4. The lowest BCUT2D eigenvalue weighted by Crippen LogP contribution is -2.49. The third-order valence-corrected chi connectivity index (χ3v) is 9.18. The predicted octanol–water partition coefficient (Wildman–Crippen LogP) is 4.74. The zero-order valence-electron chi connectivity index (χ0n) is 23.9. The SMILES string of the molecule is C[C@]12CN(Cc3ccccc3)C[C@H]1CN(C(=O)C(CCC(=O)O)NC(=O)OCC1c3ccccc3-c3ccccc31)C2. The first-order valence-corrected chi connectivity index (χ1v) is 14.7. The molecule has 2 fully saturated rings. The summed E-state index contributed by atoms with van der Waals surface area (Å²) < 4.78 is 5.68. The van der Waals surface area contributed by atoms with Crippen LogP contribution in [0, 0.1) is 11.3 Å². The Morgan fingerprint density at radius 1 is 0.929 bits per heavy atom. The molecule has 2 N–H and O–H groups in total. The standard InChI is InChI=1S/C34H37N3O5/c1-34-21-36(17-23-9-3-2-4-10-23)18-24(34)19-37(22-34)32(40)30(15-16-31(38)39)35-33(41)42-20-29-27-13-7-5-11-25(27)26-12-6-8-14-28(26)29/h2-14,24,29-30H,15-22H2,1H3,(H,35,41)(H,38,39)/t24-,30?,34+/m0/s1. The van der Waals surface area contributed by atoms with Crippen LogP contribution in [0.2, 0.25) is 0 Å². The summed E-state index contributed by atoms with van der Waals surface area (Å²) in [5.41, 5.74) is 5.69. The molecule has 2 aliphatic heterocycles. The van der Waals surface area contributed by atoms with Crippen LogP contribution in [0.15, 0.2) is 78.9 Å². The summed E-state index contributed by atoms with van der Waals surface area (Å²) in [6.07, 6.45) is -0.921. The molecule has 3 aromatic rings. The van der Waals surface area contributed by atoms with Gasteiger partial charge in [-0.05, 0) is 40.2 Å². The van der Waals surface area contributed by atoms with Crippen molar-refractivity contribution in [1.29, 1.82) is 0 Å². The smallest absolute Gasteiger partial charge is 0.407 e. The van der Waals surface area contributed by atoms with E-state index in [0.717, 1.165) is 41.9 Å². The van der Waals surface area contributed by atoms with Gasteiger partial charge in [0.15, 0.2) is 0 Å². The van der Waals surface area contributed by atoms with Gasteiger partial charge in [-0.2, -0.15) is 0 Å². The minimum atomic E-state index is -1.01. The number of carboxylic acid groups (broad SMARTS) is 1. The number of carbonyl (C=O) groups is 3. The highest BCUT2D eigenvalue weighted by molar-refractivity contribution is 5.86. The van der Waals surface area contributed by atoms with Crippen molar-refractivity contribution in [2.45, 2.75) is 38.3 Å². The Bertz CT molecular complexity index is 1430. The summed E-state index contributed by atoms with van der Waals surface area (Å²) in [5.74, 6) is -1.04. The Morgan fingerprint density at radius 3 is 2.21 bits per heavy atom. The number of hydrogen-bond acceptors (Lipinski definition) is 5. The molecule has 6 rings (SSSR count). The molecule has 2 heterocycles. The van der Waals surface area contributed by atoms with Gasteiger partial charge in [-0.1, -0.05) is 85.8 Å². The van der Waals surface area contributed by atoms with Gasteiger partial charge in [-0.25, -0.2) is 4.79 Å². The molecule has 2 saturated heterocycles. The number of amides is 2. The van der Waals surface area contributed by atoms with Crippen LogP contribution >= 0.6 is 0 Å². The van der Waals surface area contributed by atoms with Gasteiger partial charge in [0.1, 0.15) is 12.6 Å². The normalized spacial score (nSPS) is 21.8. The molecule has 0 spiro atoms. The van der Waals surface area contributed by atoms with E-state index >= 15 is 0 Å². The summed E-state index contributed by atoms with van der Waals surface area (Å²) in [5, 5.41) is 12.0. The Morgan fingerprint density at radius 2 is 1.57 bits per heavy atom. The van der Waals surface area contributed by atoms with Crippen LogP contribution in [0.1, 0.15) is 42.4 Å². The first kappa shape index (κ1) is 28.0. The molecule has 42 heavy (non-hydrogen) atoms. The largest absolute Gasteiger partial charge is 0.481 e. The van der Waals surface area contributed by atoms with Gasteiger partial charge >= 0.3 is 12.1 Å². The van der Waals surface area contributed by atoms with E-state index < -0.39 is 18.1 Å². The molecule has 0 radical (unpaired) electrons. The van der Waals surface area contributed by atoms with Gasteiger partial charge in [-0.15, -0.1) is 0 Å². The van der Waals surface area contributed by atoms with Crippen LogP contribution in [0.25, 0.3) is 11.1 Å². The Balaban J connectivity index is 1.08. The van der Waals surface area contributed by atoms with Crippen molar-refractivity contribution in [2.24, 2.45) is 11.3 Å². The van der Waals surface area contributed by atoms with Gasteiger partial charge in [0.2, 0.25) is 5.91 Å². The van der Waals surface area contributed by atoms with E-state index in [1.165, 1.54) is 5.56 Å². The quantitative estimate of drug-likeness (QED) is 0.388. The number of nitrogens with one attached hydrogen (secondary N) is 1. The molecule has 3 aromatic carbocycles. The fourth-order valence-corrected chi connectivity index (χ4v) is 7.12. The van der Waals surface area contributed by atoms with Crippen molar-refractivity contribution in [1.82, 2.24) is 15.1 Å². The third kappa shape index (κ3) is 5.63. The fourth-order valence-electron chi connectivity index (χ4n) is 7.12. The van der Waals surface area contributed by atoms with E-state index in [2.05, 4.69) is 53.5 Å². The topological polar surface area (TPSA) is 99.2 Å². The summed E-state index contributed by atoms with van der Waals surface area (Å²) in [4.78, 5) is 42.3. The molecular formula is C34H37N3O5. The lowest BCUT2D eigenvalue weighted by atomic mass is 9.83. The second kappa shape index (κ2) is 11.6. The van der Waals surface area contributed by atoms with Crippen LogP contribution in [-0.2, 0) is 20.9 Å².